The molecule has 2 amide bonds. The lowest BCUT2D eigenvalue weighted by Gasteiger charge is -2.08. The average Bonchev–Trinajstić information content (AvgIpc) is 2.61. The standard InChI is InChI=1S/C19H16N2O3/c1-24-17-8-7-12-9-15(6-5-13(12)11-17)19(23)21-16-4-2-3-14(10-16)18(20)22/h2-11H,1H3,(H2,20,22)(H,21,23). The van der Waals surface area contributed by atoms with Gasteiger partial charge in [0, 0.05) is 16.8 Å². The number of amides is 2. The Morgan fingerprint density at radius 3 is 2.42 bits per heavy atom. The molecular formula is C19H16N2O3. The van der Waals surface area contributed by atoms with Crippen molar-refractivity contribution >= 4 is 28.3 Å². The maximum Gasteiger partial charge on any atom is 0.255 e. The van der Waals surface area contributed by atoms with E-state index in [-0.39, 0.29) is 5.91 Å². The topological polar surface area (TPSA) is 81.4 Å². The fraction of sp³-hybridized carbons (Fsp3) is 0.0526. The molecule has 0 aliphatic rings. The van der Waals surface area contributed by atoms with Crippen molar-refractivity contribution in [1.82, 2.24) is 0 Å². The molecule has 0 aromatic heterocycles. The van der Waals surface area contributed by atoms with Crippen LogP contribution in [-0.4, -0.2) is 18.9 Å². The van der Waals surface area contributed by atoms with Crippen molar-refractivity contribution in [3.63, 3.8) is 0 Å². The first-order chi connectivity index (χ1) is 11.6. The highest BCUT2D eigenvalue weighted by molar-refractivity contribution is 6.07. The molecule has 0 spiro atoms. The van der Waals surface area contributed by atoms with Crippen LogP contribution in [0.25, 0.3) is 10.8 Å². The number of hydrogen-bond donors (Lipinski definition) is 2. The van der Waals surface area contributed by atoms with E-state index in [1.165, 1.54) is 0 Å². The third-order valence-corrected chi connectivity index (χ3v) is 3.71. The summed E-state index contributed by atoms with van der Waals surface area (Å²) in [5.41, 5.74) is 6.64. The van der Waals surface area contributed by atoms with E-state index in [9.17, 15) is 9.59 Å². The second kappa shape index (κ2) is 6.42. The molecule has 5 nitrogen and oxygen atoms in total. The first-order valence-corrected chi connectivity index (χ1v) is 7.36. The van der Waals surface area contributed by atoms with Crippen molar-refractivity contribution in [3.05, 3.63) is 71.8 Å². The fourth-order valence-electron chi connectivity index (χ4n) is 2.45. The number of ether oxygens (including phenoxy) is 1. The number of anilines is 1. The van der Waals surface area contributed by atoms with Crippen LogP contribution in [0.15, 0.2) is 60.7 Å². The van der Waals surface area contributed by atoms with E-state index in [1.807, 2.05) is 30.3 Å². The number of benzene rings is 3. The molecule has 5 heteroatoms. The Hall–Kier alpha value is -3.34. The summed E-state index contributed by atoms with van der Waals surface area (Å²) in [6.07, 6.45) is 0. The lowest BCUT2D eigenvalue weighted by Crippen LogP contribution is -2.14. The van der Waals surface area contributed by atoms with E-state index < -0.39 is 5.91 Å². The van der Waals surface area contributed by atoms with Gasteiger partial charge in [0.05, 0.1) is 7.11 Å². The molecule has 3 N–H and O–H groups in total. The quantitative estimate of drug-likeness (QED) is 0.774. The molecule has 24 heavy (non-hydrogen) atoms. The third-order valence-electron chi connectivity index (χ3n) is 3.71. The highest BCUT2D eigenvalue weighted by atomic mass is 16.5. The van der Waals surface area contributed by atoms with Gasteiger partial charge in [0.1, 0.15) is 5.75 Å². The van der Waals surface area contributed by atoms with Gasteiger partial charge in [0.15, 0.2) is 0 Å². The van der Waals surface area contributed by atoms with Crippen molar-refractivity contribution in [2.45, 2.75) is 0 Å². The average molecular weight is 320 g/mol. The zero-order valence-corrected chi connectivity index (χ0v) is 13.1. The Morgan fingerprint density at radius 1 is 0.917 bits per heavy atom. The van der Waals surface area contributed by atoms with Gasteiger partial charge in [0.2, 0.25) is 5.91 Å². The Labute approximate surface area is 139 Å². The fourth-order valence-corrected chi connectivity index (χ4v) is 2.45. The minimum atomic E-state index is -0.536. The van der Waals surface area contributed by atoms with E-state index in [0.29, 0.717) is 16.8 Å². The summed E-state index contributed by atoms with van der Waals surface area (Å²) in [6.45, 7) is 0. The molecule has 0 fully saturated rings. The predicted octanol–water partition coefficient (Wildman–Crippen LogP) is 3.20. The molecule has 0 heterocycles. The van der Waals surface area contributed by atoms with Crippen molar-refractivity contribution in [2.24, 2.45) is 5.73 Å². The summed E-state index contributed by atoms with van der Waals surface area (Å²) < 4.78 is 5.19. The summed E-state index contributed by atoms with van der Waals surface area (Å²) in [5, 5.41) is 4.70. The first kappa shape index (κ1) is 15.6. The molecule has 0 atom stereocenters. The Morgan fingerprint density at radius 2 is 1.67 bits per heavy atom. The lowest BCUT2D eigenvalue weighted by molar-refractivity contribution is 0.0996. The van der Waals surface area contributed by atoms with E-state index in [0.717, 1.165) is 16.5 Å². The van der Waals surface area contributed by atoms with Crippen molar-refractivity contribution in [2.75, 3.05) is 12.4 Å². The van der Waals surface area contributed by atoms with Gasteiger partial charge in [-0.15, -0.1) is 0 Å². The Balaban J connectivity index is 1.86. The molecule has 3 aromatic carbocycles. The van der Waals surface area contributed by atoms with Crippen LogP contribution in [0.5, 0.6) is 5.75 Å². The van der Waals surface area contributed by atoms with Crippen molar-refractivity contribution < 1.29 is 14.3 Å². The molecule has 3 rings (SSSR count). The highest BCUT2D eigenvalue weighted by Gasteiger charge is 2.09. The van der Waals surface area contributed by atoms with Gasteiger partial charge in [-0.2, -0.15) is 0 Å². The third kappa shape index (κ3) is 3.20. The molecule has 0 aliphatic heterocycles. The van der Waals surface area contributed by atoms with Crippen LogP contribution in [0.3, 0.4) is 0 Å². The van der Waals surface area contributed by atoms with Crippen LogP contribution in [-0.2, 0) is 0 Å². The number of nitrogens with two attached hydrogens (primary N) is 1. The van der Waals surface area contributed by atoms with Crippen LogP contribution in [0.4, 0.5) is 5.69 Å². The van der Waals surface area contributed by atoms with Gasteiger partial charge >= 0.3 is 0 Å². The Kier molecular flexibility index (Phi) is 4.16. The molecule has 0 saturated heterocycles. The van der Waals surface area contributed by atoms with Gasteiger partial charge in [-0.1, -0.05) is 18.2 Å². The van der Waals surface area contributed by atoms with E-state index in [4.69, 9.17) is 10.5 Å². The van der Waals surface area contributed by atoms with Gasteiger partial charge in [0.25, 0.3) is 5.91 Å². The van der Waals surface area contributed by atoms with Gasteiger partial charge in [-0.25, -0.2) is 0 Å². The van der Waals surface area contributed by atoms with E-state index in [1.54, 1.807) is 37.4 Å². The minimum Gasteiger partial charge on any atom is -0.497 e. The van der Waals surface area contributed by atoms with Crippen LogP contribution in [0, 0.1) is 0 Å². The van der Waals surface area contributed by atoms with Crippen LogP contribution >= 0.6 is 0 Å². The number of carbonyl (C=O) groups is 2. The lowest BCUT2D eigenvalue weighted by atomic mass is 10.1. The number of fused-ring (bicyclic) bond motifs is 1. The van der Waals surface area contributed by atoms with Gasteiger partial charge in [-0.05, 0) is 53.2 Å². The number of carbonyl (C=O) groups excluding carboxylic acids is 2. The van der Waals surface area contributed by atoms with Crippen molar-refractivity contribution in [3.8, 4) is 5.75 Å². The molecule has 120 valence electrons. The zero-order chi connectivity index (χ0) is 17.1. The second-order valence-corrected chi connectivity index (χ2v) is 5.33. The van der Waals surface area contributed by atoms with E-state index >= 15 is 0 Å². The van der Waals surface area contributed by atoms with Crippen LogP contribution in [0.2, 0.25) is 0 Å². The molecule has 3 aromatic rings. The first-order valence-electron chi connectivity index (χ1n) is 7.36. The molecule has 0 saturated carbocycles. The SMILES string of the molecule is COc1ccc2cc(C(=O)Nc3cccc(C(N)=O)c3)ccc2c1. The van der Waals surface area contributed by atoms with Gasteiger partial charge in [-0.3, -0.25) is 9.59 Å². The summed E-state index contributed by atoms with van der Waals surface area (Å²) in [6, 6.07) is 17.6. The number of rotatable bonds is 4. The number of hydrogen-bond acceptors (Lipinski definition) is 3. The second-order valence-electron chi connectivity index (χ2n) is 5.33. The number of nitrogens with one attached hydrogen (secondary N) is 1. The number of methoxy groups -OCH3 is 1. The van der Waals surface area contributed by atoms with Crippen LogP contribution < -0.4 is 15.8 Å². The summed E-state index contributed by atoms with van der Waals surface area (Å²) in [4.78, 5) is 23.6. The minimum absolute atomic E-state index is 0.255. The maximum absolute atomic E-state index is 12.4. The summed E-state index contributed by atoms with van der Waals surface area (Å²) in [7, 11) is 1.61. The predicted molar refractivity (Wildman–Crippen MR) is 93.4 cm³/mol. The van der Waals surface area contributed by atoms with Crippen molar-refractivity contribution in [1.29, 1.82) is 0 Å². The molecule has 0 bridgehead atoms. The van der Waals surface area contributed by atoms with E-state index in [2.05, 4.69) is 5.32 Å². The monoisotopic (exact) mass is 320 g/mol. The zero-order valence-electron chi connectivity index (χ0n) is 13.1. The maximum atomic E-state index is 12.4. The summed E-state index contributed by atoms with van der Waals surface area (Å²) in [5.74, 6) is -0.0249. The summed E-state index contributed by atoms with van der Waals surface area (Å²) >= 11 is 0. The molecule has 0 aliphatic carbocycles. The number of primary amides is 1. The highest BCUT2D eigenvalue weighted by Crippen LogP contribution is 2.22. The van der Waals surface area contributed by atoms with Gasteiger partial charge < -0.3 is 15.8 Å². The molecular weight excluding hydrogens is 304 g/mol. The molecule has 0 radical (unpaired) electrons. The molecule has 0 unspecified atom stereocenters. The normalized spacial score (nSPS) is 10.4. The Bertz CT molecular complexity index is 935. The largest absolute Gasteiger partial charge is 0.497 e. The smallest absolute Gasteiger partial charge is 0.255 e. The van der Waals surface area contributed by atoms with Crippen LogP contribution in [0.1, 0.15) is 20.7 Å².